The number of phenolic OH excluding ortho intramolecular Hbond substituents is 1. The Hall–Kier alpha value is -4.24. The predicted molar refractivity (Wildman–Crippen MR) is 127 cm³/mol. The van der Waals surface area contributed by atoms with Crippen molar-refractivity contribution in [3.8, 4) is 5.75 Å². The summed E-state index contributed by atoms with van der Waals surface area (Å²) < 4.78 is 28.4. The molecule has 2 heterocycles. The number of fused-ring (bicyclic) bond motifs is 2. The summed E-state index contributed by atoms with van der Waals surface area (Å²) in [6, 6.07) is 20.3. The van der Waals surface area contributed by atoms with Gasteiger partial charge in [-0.25, -0.2) is 18.4 Å². The number of sulfone groups is 1. The van der Waals surface area contributed by atoms with Crippen LogP contribution in [0.3, 0.4) is 0 Å². The Morgan fingerprint density at radius 3 is 2.27 bits per heavy atom. The first-order valence-electron chi connectivity index (χ1n) is 10.1. The number of hydrogen-bond acceptors (Lipinski definition) is 7. The van der Waals surface area contributed by atoms with Crippen LogP contribution in [0.4, 0.5) is 5.82 Å². The van der Waals surface area contributed by atoms with Gasteiger partial charge >= 0.3 is 0 Å². The van der Waals surface area contributed by atoms with Gasteiger partial charge in [0.15, 0.2) is 5.65 Å². The topological polar surface area (TPSA) is 123 Å². The van der Waals surface area contributed by atoms with Crippen molar-refractivity contribution in [2.45, 2.75) is 16.7 Å². The molecule has 0 saturated heterocycles. The zero-order valence-corrected chi connectivity index (χ0v) is 18.4. The quantitative estimate of drug-likeness (QED) is 0.395. The first-order chi connectivity index (χ1) is 15.9. The summed E-state index contributed by atoms with van der Waals surface area (Å²) in [5.74, 6) is -0.0899. The molecule has 5 aromatic rings. The molecular weight excluding hydrogens is 438 g/mol. The lowest BCUT2D eigenvalue weighted by molar-refractivity contribution is 0.474. The number of aromatic hydroxyl groups is 1. The SMILES string of the molecule is Cc1ccc(S(=O)(=O)c2c(N)n(/N=C\c3ccccc3O)c3nc4ccccc4nc23)cc1. The Balaban J connectivity index is 1.81. The predicted octanol–water partition coefficient (Wildman–Crippen LogP) is 3.90. The van der Waals surface area contributed by atoms with Gasteiger partial charge in [-0.1, -0.05) is 42.0 Å². The largest absolute Gasteiger partial charge is 0.507 e. The fraction of sp³-hybridized carbons (Fsp3) is 0.0417. The second kappa shape index (κ2) is 7.72. The van der Waals surface area contributed by atoms with Gasteiger partial charge in [0, 0.05) is 5.56 Å². The van der Waals surface area contributed by atoms with Gasteiger partial charge in [0.05, 0.1) is 22.1 Å². The van der Waals surface area contributed by atoms with Crippen molar-refractivity contribution in [1.29, 1.82) is 0 Å². The third kappa shape index (κ3) is 3.48. The van der Waals surface area contributed by atoms with Gasteiger partial charge in [-0.2, -0.15) is 9.78 Å². The van der Waals surface area contributed by atoms with Gasteiger partial charge in [0.2, 0.25) is 9.84 Å². The number of anilines is 1. The molecule has 0 aliphatic carbocycles. The third-order valence-electron chi connectivity index (χ3n) is 5.28. The standard InChI is InChI=1S/C24H19N5O3S/c1-15-10-12-17(13-11-15)33(31,32)22-21-24(28-19-8-4-3-7-18(19)27-21)29(23(22)25)26-14-16-6-2-5-9-20(16)30/h2-14,30H,25H2,1H3/b26-14-. The number of aryl methyl sites for hydroxylation is 1. The lowest BCUT2D eigenvalue weighted by atomic mass is 10.2. The van der Waals surface area contributed by atoms with E-state index in [2.05, 4.69) is 15.1 Å². The van der Waals surface area contributed by atoms with Gasteiger partial charge in [0.25, 0.3) is 0 Å². The number of phenols is 1. The molecule has 0 aliphatic heterocycles. The Morgan fingerprint density at radius 2 is 1.58 bits per heavy atom. The number of nitrogen functional groups attached to an aromatic ring is 1. The summed E-state index contributed by atoms with van der Waals surface area (Å²) in [7, 11) is -4.02. The van der Waals surface area contributed by atoms with Gasteiger partial charge in [0.1, 0.15) is 22.0 Å². The summed E-state index contributed by atoms with van der Waals surface area (Å²) in [5, 5.41) is 14.4. The second-order valence-electron chi connectivity index (χ2n) is 7.53. The van der Waals surface area contributed by atoms with E-state index >= 15 is 0 Å². The first kappa shape index (κ1) is 20.7. The number of hydrogen-bond donors (Lipinski definition) is 2. The van der Waals surface area contributed by atoms with Crippen LogP contribution >= 0.6 is 0 Å². The van der Waals surface area contributed by atoms with Crippen molar-refractivity contribution >= 4 is 44.1 Å². The highest BCUT2D eigenvalue weighted by Gasteiger charge is 2.30. The van der Waals surface area contributed by atoms with Crippen LogP contribution < -0.4 is 5.73 Å². The maximum Gasteiger partial charge on any atom is 0.212 e. The molecule has 0 bridgehead atoms. The summed E-state index contributed by atoms with van der Waals surface area (Å²) in [4.78, 5) is 9.11. The van der Waals surface area contributed by atoms with Crippen molar-refractivity contribution in [2.75, 3.05) is 5.73 Å². The van der Waals surface area contributed by atoms with Gasteiger partial charge in [-0.15, -0.1) is 0 Å². The van der Waals surface area contributed by atoms with Crippen LogP contribution in [0.5, 0.6) is 5.75 Å². The van der Waals surface area contributed by atoms with Crippen LogP contribution in [0.1, 0.15) is 11.1 Å². The Kier molecular flexibility index (Phi) is 4.83. The van der Waals surface area contributed by atoms with Crippen LogP contribution in [0.15, 0.2) is 87.7 Å². The molecule has 0 fully saturated rings. The van der Waals surface area contributed by atoms with Gasteiger partial charge in [-0.3, -0.25) is 0 Å². The molecule has 8 nitrogen and oxygen atoms in total. The zero-order chi connectivity index (χ0) is 23.2. The van der Waals surface area contributed by atoms with Crippen LogP contribution in [0, 0.1) is 6.92 Å². The summed E-state index contributed by atoms with van der Waals surface area (Å²) in [5.41, 5.74) is 9.16. The fourth-order valence-electron chi connectivity index (χ4n) is 3.56. The lowest BCUT2D eigenvalue weighted by Gasteiger charge is -2.05. The Bertz CT molecular complexity index is 1660. The maximum absolute atomic E-state index is 13.6. The lowest BCUT2D eigenvalue weighted by Crippen LogP contribution is -2.06. The average Bonchev–Trinajstić information content (AvgIpc) is 3.08. The summed E-state index contributed by atoms with van der Waals surface area (Å²) in [6.45, 7) is 1.88. The van der Waals surface area contributed by atoms with E-state index in [-0.39, 0.29) is 32.5 Å². The highest BCUT2D eigenvalue weighted by atomic mass is 32.2. The second-order valence-corrected chi connectivity index (χ2v) is 9.42. The van der Waals surface area contributed by atoms with Crippen LogP contribution in [0.2, 0.25) is 0 Å². The molecule has 0 spiro atoms. The number of aromatic nitrogens is 3. The minimum absolute atomic E-state index is 0.0281. The number of para-hydroxylation sites is 3. The smallest absolute Gasteiger partial charge is 0.212 e. The van der Waals surface area contributed by atoms with E-state index in [4.69, 9.17) is 5.73 Å². The van der Waals surface area contributed by atoms with E-state index in [1.165, 1.54) is 29.1 Å². The molecule has 0 unspecified atom stereocenters. The van der Waals surface area contributed by atoms with Gasteiger partial charge < -0.3 is 10.8 Å². The molecule has 164 valence electrons. The molecule has 0 amide bonds. The highest BCUT2D eigenvalue weighted by Crippen LogP contribution is 2.35. The maximum atomic E-state index is 13.6. The number of nitrogens with two attached hydrogens (primary N) is 1. The molecule has 3 aromatic carbocycles. The van der Waals surface area contributed by atoms with E-state index in [1.807, 2.05) is 13.0 Å². The van der Waals surface area contributed by atoms with Crippen LogP contribution in [0.25, 0.3) is 22.2 Å². The van der Waals surface area contributed by atoms with E-state index < -0.39 is 9.84 Å². The Morgan fingerprint density at radius 1 is 0.939 bits per heavy atom. The average molecular weight is 458 g/mol. The van der Waals surface area contributed by atoms with E-state index in [0.717, 1.165) is 5.56 Å². The fourth-order valence-corrected chi connectivity index (χ4v) is 5.04. The molecule has 2 aromatic heterocycles. The van der Waals surface area contributed by atoms with Crippen molar-refractivity contribution in [2.24, 2.45) is 5.10 Å². The minimum atomic E-state index is -4.02. The van der Waals surface area contributed by atoms with Crippen molar-refractivity contribution in [3.63, 3.8) is 0 Å². The summed E-state index contributed by atoms with van der Waals surface area (Å²) >= 11 is 0. The summed E-state index contributed by atoms with van der Waals surface area (Å²) in [6.07, 6.45) is 1.39. The van der Waals surface area contributed by atoms with Crippen molar-refractivity contribution in [1.82, 2.24) is 14.6 Å². The molecule has 0 saturated carbocycles. The minimum Gasteiger partial charge on any atom is -0.507 e. The molecule has 0 aliphatic rings. The molecule has 3 N–H and O–H groups in total. The molecule has 9 heteroatoms. The van der Waals surface area contributed by atoms with E-state index in [1.54, 1.807) is 48.5 Å². The van der Waals surface area contributed by atoms with E-state index in [0.29, 0.717) is 16.6 Å². The molecule has 0 radical (unpaired) electrons. The number of rotatable bonds is 4. The number of benzene rings is 3. The third-order valence-corrected chi connectivity index (χ3v) is 7.11. The zero-order valence-electron chi connectivity index (χ0n) is 17.5. The van der Waals surface area contributed by atoms with E-state index in [9.17, 15) is 13.5 Å². The van der Waals surface area contributed by atoms with Crippen molar-refractivity contribution in [3.05, 3.63) is 83.9 Å². The first-order valence-corrected chi connectivity index (χ1v) is 11.6. The number of nitrogens with zero attached hydrogens (tertiary/aromatic N) is 4. The van der Waals surface area contributed by atoms with Gasteiger partial charge in [-0.05, 0) is 43.3 Å². The van der Waals surface area contributed by atoms with Crippen LogP contribution in [-0.4, -0.2) is 34.4 Å². The van der Waals surface area contributed by atoms with Crippen LogP contribution in [-0.2, 0) is 9.84 Å². The van der Waals surface area contributed by atoms with Crippen molar-refractivity contribution < 1.29 is 13.5 Å². The normalized spacial score (nSPS) is 12.2. The molecule has 5 rings (SSSR count). The molecule has 33 heavy (non-hydrogen) atoms. The molecule has 0 atom stereocenters. The highest BCUT2D eigenvalue weighted by molar-refractivity contribution is 7.92. The Labute approximate surface area is 189 Å². The monoisotopic (exact) mass is 457 g/mol. The molecular formula is C24H19N5O3S.